The Balaban J connectivity index is 1.98. The van der Waals surface area contributed by atoms with Gasteiger partial charge in [0.15, 0.2) is 5.96 Å². The predicted molar refractivity (Wildman–Crippen MR) is 102 cm³/mol. The van der Waals surface area contributed by atoms with Crippen molar-refractivity contribution in [1.82, 2.24) is 10.2 Å². The van der Waals surface area contributed by atoms with Gasteiger partial charge in [-0.3, -0.25) is 0 Å². The van der Waals surface area contributed by atoms with Crippen LogP contribution in [0.5, 0.6) is 0 Å². The van der Waals surface area contributed by atoms with Gasteiger partial charge in [0.1, 0.15) is 0 Å². The van der Waals surface area contributed by atoms with Gasteiger partial charge in [-0.2, -0.15) is 0 Å². The Morgan fingerprint density at radius 2 is 1.73 bits per heavy atom. The summed E-state index contributed by atoms with van der Waals surface area (Å²) in [6, 6.07) is 19.6. The maximum atomic E-state index is 12.4. The summed E-state index contributed by atoms with van der Waals surface area (Å²) in [6.45, 7) is 2.48. The van der Waals surface area contributed by atoms with E-state index in [0.717, 1.165) is 22.8 Å². The third-order valence-electron chi connectivity index (χ3n) is 4.57. The number of esters is 1. The fourth-order valence-corrected chi connectivity index (χ4v) is 3.02. The van der Waals surface area contributed by atoms with Gasteiger partial charge in [0.05, 0.1) is 25.3 Å². The first-order valence-corrected chi connectivity index (χ1v) is 8.54. The fraction of sp³-hybridized carbons (Fsp3) is 0.238. The number of rotatable bonds is 4. The van der Waals surface area contributed by atoms with Crippen molar-refractivity contribution < 1.29 is 9.53 Å². The molecule has 0 radical (unpaired) electrons. The lowest BCUT2D eigenvalue weighted by Crippen LogP contribution is -2.47. The van der Waals surface area contributed by atoms with Crippen molar-refractivity contribution >= 4 is 11.9 Å². The molecule has 5 heteroatoms. The molecule has 1 aliphatic heterocycles. The number of nitrogens with one attached hydrogen (secondary N) is 1. The molecule has 0 aliphatic carbocycles. The summed E-state index contributed by atoms with van der Waals surface area (Å²) >= 11 is 0. The zero-order valence-electron chi connectivity index (χ0n) is 15.3. The lowest BCUT2D eigenvalue weighted by molar-refractivity contribution is -0.136. The van der Waals surface area contributed by atoms with Gasteiger partial charge in [-0.1, -0.05) is 60.7 Å². The molecule has 5 nitrogen and oxygen atoms in total. The number of carbonyl (C=O) groups excluding carboxylic acids is 1. The van der Waals surface area contributed by atoms with Crippen LogP contribution in [-0.2, 0) is 16.1 Å². The lowest BCUT2D eigenvalue weighted by atomic mass is 9.95. The van der Waals surface area contributed by atoms with Crippen LogP contribution < -0.4 is 5.32 Å². The Bertz CT molecular complexity index is 829. The highest BCUT2D eigenvalue weighted by atomic mass is 16.5. The highest BCUT2D eigenvalue weighted by Gasteiger charge is 2.33. The standard InChI is InChI=1S/C21H23N3O2/c1-15-18(20(25)26-3)19(17-12-8-5-9-13-17)23-21(24(15)2)22-14-16-10-6-4-7-11-16/h4-13,19H,14H2,1-3H3,(H,22,23). The molecule has 0 fully saturated rings. The van der Waals surface area contributed by atoms with E-state index in [0.29, 0.717) is 12.1 Å². The Hall–Kier alpha value is -3.08. The maximum absolute atomic E-state index is 12.4. The molecule has 0 aromatic heterocycles. The quantitative estimate of drug-likeness (QED) is 0.861. The molecule has 1 unspecified atom stereocenters. The molecule has 1 N–H and O–H groups in total. The summed E-state index contributed by atoms with van der Waals surface area (Å²) in [6.07, 6.45) is 0. The third-order valence-corrected chi connectivity index (χ3v) is 4.57. The number of nitrogens with zero attached hydrogens (tertiary/aromatic N) is 2. The fourth-order valence-electron chi connectivity index (χ4n) is 3.02. The van der Waals surface area contributed by atoms with Crippen LogP contribution in [0.25, 0.3) is 0 Å². The number of benzene rings is 2. The zero-order chi connectivity index (χ0) is 18.5. The Labute approximate surface area is 154 Å². The molecule has 0 bridgehead atoms. The van der Waals surface area contributed by atoms with Gasteiger partial charge in [-0.05, 0) is 18.1 Å². The molecule has 1 heterocycles. The van der Waals surface area contributed by atoms with Crippen molar-refractivity contribution in [1.29, 1.82) is 0 Å². The molecule has 134 valence electrons. The highest BCUT2D eigenvalue weighted by molar-refractivity contribution is 5.96. The first kappa shape index (κ1) is 17.7. The average molecular weight is 349 g/mol. The second kappa shape index (κ2) is 7.87. The number of aliphatic imine (C=N–C) groups is 1. The summed E-state index contributed by atoms with van der Waals surface area (Å²) in [4.78, 5) is 19.0. The van der Waals surface area contributed by atoms with E-state index in [1.54, 1.807) is 0 Å². The van der Waals surface area contributed by atoms with Gasteiger partial charge in [0, 0.05) is 12.7 Å². The highest BCUT2D eigenvalue weighted by Crippen LogP contribution is 2.30. The summed E-state index contributed by atoms with van der Waals surface area (Å²) in [5.74, 6) is 0.394. The normalized spacial score (nSPS) is 18.7. The third kappa shape index (κ3) is 3.61. The Morgan fingerprint density at radius 3 is 2.35 bits per heavy atom. The second-order valence-electron chi connectivity index (χ2n) is 6.16. The largest absolute Gasteiger partial charge is 0.466 e. The maximum Gasteiger partial charge on any atom is 0.337 e. The first-order chi connectivity index (χ1) is 12.6. The summed E-state index contributed by atoms with van der Waals surface area (Å²) < 4.78 is 5.02. The van der Waals surface area contributed by atoms with Crippen LogP contribution >= 0.6 is 0 Å². The van der Waals surface area contributed by atoms with E-state index in [2.05, 4.69) is 5.32 Å². The van der Waals surface area contributed by atoms with Crippen molar-refractivity contribution in [2.45, 2.75) is 19.5 Å². The predicted octanol–water partition coefficient (Wildman–Crippen LogP) is 3.27. The summed E-state index contributed by atoms with van der Waals surface area (Å²) in [7, 11) is 3.31. The SMILES string of the molecule is COC(=O)C1=C(C)N(C)C(=NCc2ccccc2)NC1c1ccccc1. The van der Waals surface area contributed by atoms with Crippen molar-refractivity contribution in [2.24, 2.45) is 4.99 Å². The van der Waals surface area contributed by atoms with Gasteiger partial charge in [-0.25, -0.2) is 9.79 Å². The monoisotopic (exact) mass is 349 g/mol. The molecule has 2 aromatic carbocycles. The van der Waals surface area contributed by atoms with E-state index in [1.807, 2.05) is 79.5 Å². The van der Waals surface area contributed by atoms with Crippen molar-refractivity contribution in [3.63, 3.8) is 0 Å². The van der Waals surface area contributed by atoms with Gasteiger partial charge in [-0.15, -0.1) is 0 Å². The number of hydrogen-bond acceptors (Lipinski definition) is 3. The topological polar surface area (TPSA) is 53.9 Å². The lowest BCUT2D eigenvalue weighted by Gasteiger charge is -2.35. The smallest absolute Gasteiger partial charge is 0.337 e. The number of guanidine groups is 1. The van der Waals surface area contributed by atoms with Crippen LogP contribution in [0.4, 0.5) is 0 Å². The Kier molecular flexibility index (Phi) is 5.37. The van der Waals surface area contributed by atoms with Gasteiger partial charge >= 0.3 is 5.97 Å². The van der Waals surface area contributed by atoms with E-state index >= 15 is 0 Å². The molecule has 1 atom stereocenters. The minimum absolute atomic E-state index is 0.297. The van der Waals surface area contributed by atoms with E-state index in [9.17, 15) is 4.79 Å². The summed E-state index contributed by atoms with van der Waals surface area (Å²) in [5.41, 5.74) is 3.55. The first-order valence-electron chi connectivity index (χ1n) is 8.54. The van der Waals surface area contributed by atoms with Gasteiger partial charge < -0.3 is 15.0 Å². The van der Waals surface area contributed by atoms with E-state index < -0.39 is 0 Å². The van der Waals surface area contributed by atoms with Crippen molar-refractivity contribution in [2.75, 3.05) is 14.2 Å². The minimum atomic E-state index is -0.335. The molecule has 0 saturated carbocycles. The number of allylic oxidation sites excluding steroid dienone is 1. The van der Waals surface area contributed by atoms with E-state index in [-0.39, 0.29) is 12.0 Å². The van der Waals surface area contributed by atoms with E-state index in [4.69, 9.17) is 9.73 Å². The molecular weight excluding hydrogens is 326 g/mol. The molecule has 26 heavy (non-hydrogen) atoms. The van der Waals surface area contributed by atoms with Gasteiger partial charge in [0.25, 0.3) is 0 Å². The van der Waals surface area contributed by atoms with E-state index in [1.165, 1.54) is 7.11 Å². The molecular formula is C21H23N3O2. The van der Waals surface area contributed by atoms with Crippen LogP contribution in [0.2, 0.25) is 0 Å². The molecule has 1 aliphatic rings. The van der Waals surface area contributed by atoms with Gasteiger partial charge in [0.2, 0.25) is 0 Å². The van der Waals surface area contributed by atoms with Crippen LogP contribution in [-0.4, -0.2) is 31.0 Å². The molecule has 3 rings (SSSR count). The molecule has 2 aromatic rings. The van der Waals surface area contributed by atoms with Crippen LogP contribution in [0, 0.1) is 0 Å². The minimum Gasteiger partial charge on any atom is -0.466 e. The Morgan fingerprint density at radius 1 is 1.12 bits per heavy atom. The number of carbonyl (C=O) groups is 1. The van der Waals surface area contributed by atoms with Crippen LogP contribution in [0.3, 0.4) is 0 Å². The average Bonchev–Trinajstić information content (AvgIpc) is 2.69. The molecule has 0 spiro atoms. The zero-order valence-corrected chi connectivity index (χ0v) is 15.3. The van der Waals surface area contributed by atoms with Crippen LogP contribution in [0.1, 0.15) is 24.1 Å². The van der Waals surface area contributed by atoms with Crippen molar-refractivity contribution in [3.8, 4) is 0 Å². The number of hydrogen-bond donors (Lipinski definition) is 1. The van der Waals surface area contributed by atoms with Crippen molar-refractivity contribution in [3.05, 3.63) is 83.1 Å². The summed E-state index contributed by atoms with van der Waals surface area (Å²) in [5, 5.41) is 3.40. The molecule has 0 saturated heterocycles. The van der Waals surface area contributed by atoms with Crippen LogP contribution in [0.15, 0.2) is 76.9 Å². The number of ether oxygens (including phenoxy) is 1. The number of methoxy groups -OCH3 is 1. The molecule has 0 amide bonds. The second-order valence-corrected chi connectivity index (χ2v) is 6.16.